The maximum absolute atomic E-state index is 11.9. The summed E-state index contributed by atoms with van der Waals surface area (Å²) in [5.41, 5.74) is 0.835. The van der Waals surface area contributed by atoms with Crippen molar-refractivity contribution in [2.75, 3.05) is 6.54 Å². The molecule has 0 bridgehead atoms. The summed E-state index contributed by atoms with van der Waals surface area (Å²) in [4.78, 5) is 16.0. The van der Waals surface area contributed by atoms with Crippen molar-refractivity contribution in [2.45, 2.75) is 26.3 Å². The van der Waals surface area contributed by atoms with Crippen molar-refractivity contribution in [1.82, 2.24) is 30.3 Å². The molecule has 2 heterocycles. The third-order valence-electron chi connectivity index (χ3n) is 2.80. The highest BCUT2D eigenvalue weighted by Gasteiger charge is 2.15. The normalized spacial score (nSPS) is 12.3. The van der Waals surface area contributed by atoms with Gasteiger partial charge < -0.3 is 9.88 Å². The summed E-state index contributed by atoms with van der Waals surface area (Å²) in [7, 11) is 0. The van der Waals surface area contributed by atoms with Gasteiger partial charge in [-0.15, -0.1) is 0 Å². The minimum atomic E-state index is -0.259. The van der Waals surface area contributed by atoms with E-state index < -0.39 is 0 Å². The van der Waals surface area contributed by atoms with Crippen molar-refractivity contribution in [2.24, 2.45) is 0 Å². The Kier molecular flexibility index (Phi) is 3.71. The molecule has 2 aromatic rings. The molecule has 1 atom stereocenters. The van der Waals surface area contributed by atoms with E-state index in [2.05, 4.69) is 25.7 Å². The summed E-state index contributed by atoms with van der Waals surface area (Å²) < 4.78 is 1.84. The number of rotatable bonds is 5. The number of imidazole rings is 1. The molecule has 0 aliphatic heterocycles. The second kappa shape index (κ2) is 5.44. The standard InChI is InChI=1S/C11H16N6O/c1-8(17-6-5-12-9(17)2)11(18)13-4-3-10-7-14-16-15-10/h5-8H,3-4H2,1-2H3,(H,13,18)(H,14,15,16)/t8-/m0/s1. The Labute approximate surface area is 105 Å². The maximum atomic E-state index is 11.9. The number of aromatic nitrogens is 5. The van der Waals surface area contributed by atoms with Crippen LogP contribution in [0.5, 0.6) is 0 Å². The first-order valence-corrected chi connectivity index (χ1v) is 5.80. The van der Waals surface area contributed by atoms with E-state index >= 15 is 0 Å². The van der Waals surface area contributed by atoms with Gasteiger partial charge in [0.15, 0.2) is 0 Å². The lowest BCUT2D eigenvalue weighted by Crippen LogP contribution is -2.32. The number of nitrogens with zero attached hydrogens (tertiary/aromatic N) is 4. The molecule has 0 saturated heterocycles. The van der Waals surface area contributed by atoms with E-state index in [-0.39, 0.29) is 11.9 Å². The maximum Gasteiger partial charge on any atom is 0.242 e. The van der Waals surface area contributed by atoms with Crippen molar-refractivity contribution in [3.05, 3.63) is 30.1 Å². The number of aromatic amines is 1. The lowest BCUT2D eigenvalue weighted by Gasteiger charge is -2.14. The molecule has 1 amide bonds. The first kappa shape index (κ1) is 12.3. The van der Waals surface area contributed by atoms with Gasteiger partial charge in [-0.3, -0.25) is 4.79 Å². The summed E-state index contributed by atoms with van der Waals surface area (Å²) in [6.45, 7) is 4.27. The molecule has 7 nitrogen and oxygen atoms in total. The van der Waals surface area contributed by atoms with E-state index in [1.165, 1.54) is 0 Å². The lowest BCUT2D eigenvalue weighted by molar-refractivity contribution is -0.123. The third-order valence-corrected chi connectivity index (χ3v) is 2.80. The molecule has 0 spiro atoms. The van der Waals surface area contributed by atoms with Crippen LogP contribution in [0.3, 0.4) is 0 Å². The fourth-order valence-corrected chi connectivity index (χ4v) is 1.73. The van der Waals surface area contributed by atoms with Crippen LogP contribution in [0.1, 0.15) is 24.5 Å². The monoisotopic (exact) mass is 248 g/mol. The molecule has 0 aliphatic carbocycles. The predicted molar refractivity (Wildman–Crippen MR) is 64.8 cm³/mol. The molecule has 2 N–H and O–H groups in total. The van der Waals surface area contributed by atoms with Crippen molar-refractivity contribution in [3.63, 3.8) is 0 Å². The topological polar surface area (TPSA) is 88.5 Å². The van der Waals surface area contributed by atoms with Crippen molar-refractivity contribution in [3.8, 4) is 0 Å². The number of hydrogen-bond donors (Lipinski definition) is 2. The van der Waals surface area contributed by atoms with Crippen LogP contribution < -0.4 is 5.32 Å². The summed E-state index contributed by atoms with van der Waals surface area (Å²) >= 11 is 0. The average molecular weight is 248 g/mol. The quantitative estimate of drug-likeness (QED) is 0.792. The van der Waals surface area contributed by atoms with Gasteiger partial charge in [0.05, 0.1) is 11.9 Å². The Balaban J connectivity index is 1.83. The van der Waals surface area contributed by atoms with Crippen LogP contribution in [-0.2, 0) is 11.2 Å². The first-order valence-electron chi connectivity index (χ1n) is 5.80. The second-order valence-corrected chi connectivity index (χ2v) is 4.06. The fourth-order valence-electron chi connectivity index (χ4n) is 1.73. The van der Waals surface area contributed by atoms with E-state index in [0.29, 0.717) is 13.0 Å². The Morgan fingerprint density at radius 1 is 1.61 bits per heavy atom. The summed E-state index contributed by atoms with van der Waals surface area (Å²) in [6, 6.07) is -0.259. The zero-order valence-corrected chi connectivity index (χ0v) is 10.4. The molecule has 96 valence electrons. The van der Waals surface area contributed by atoms with Crippen LogP contribution in [-0.4, -0.2) is 37.4 Å². The van der Waals surface area contributed by atoms with Crippen molar-refractivity contribution in [1.29, 1.82) is 0 Å². The number of carbonyl (C=O) groups is 1. The molecule has 0 fully saturated rings. The SMILES string of the molecule is Cc1nccn1[C@@H](C)C(=O)NCCc1cn[nH]n1. The van der Waals surface area contributed by atoms with E-state index in [1.807, 2.05) is 18.4 Å². The minimum absolute atomic E-state index is 0.0282. The van der Waals surface area contributed by atoms with E-state index in [4.69, 9.17) is 0 Å². The molecule has 18 heavy (non-hydrogen) atoms. The Morgan fingerprint density at radius 2 is 2.44 bits per heavy atom. The Morgan fingerprint density at radius 3 is 3.06 bits per heavy atom. The third kappa shape index (κ3) is 2.73. The van der Waals surface area contributed by atoms with Gasteiger partial charge in [-0.05, 0) is 13.8 Å². The number of carbonyl (C=O) groups excluding carboxylic acids is 1. The van der Waals surface area contributed by atoms with Crippen LogP contribution >= 0.6 is 0 Å². The Hall–Kier alpha value is -2.18. The van der Waals surface area contributed by atoms with Gasteiger partial charge in [0.1, 0.15) is 11.9 Å². The van der Waals surface area contributed by atoms with Gasteiger partial charge in [0.25, 0.3) is 0 Å². The van der Waals surface area contributed by atoms with E-state index in [9.17, 15) is 4.79 Å². The molecule has 0 saturated carbocycles. The van der Waals surface area contributed by atoms with E-state index in [1.54, 1.807) is 18.6 Å². The molecule has 0 unspecified atom stereocenters. The van der Waals surface area contributed by atoms with Crippen molar-refractivity contribution >= 4 is 5.91 Å². The van der Waals surface area contributed by atoms with Crippen LogP contribution in [0.15, 0.2) is 18.6 Å². The Bertz CT molecular complexity index is 503. The van der Waals surface area contributed by atoms with Gasteiger partial charge in [-0.1, -0.05) is 0 Å². The molecule has 0 radical (unpaired) electrons. The van der Waals surface area contributed by atoms with Gasteiger partial charge in [0.2, 0.25) is 5.91 Å². The molecule has 2 aromatic heterocycles. The number of aryl methyl sites for hydroxylation is 1. The van der Waals surface area contributed by atoms with Crippen LogP contribution in [0.4, 0.5) is 0 Å². The average Bonchev–Trinajstić information content (AvgIpc) is 2.99. The van der Waals surface area contributed by atoms with Crippen molar-refractivity contribution < 1.29 is 4.79 Å². The highest BCUT2D eigenvalue weighted by Crippen LogP contribution is 2.08. The highest BCUT2D eigenvalue weighted by molar-refractivity contribution is 5.79. The zero-order valence-electron chi connectivity index (χ0n) is 10.4. The predicted octanol–water partition coefficient (Wildman–Crippen LogP) is 0.230. The minimum Gasteiger partial charge on any atom is -0.354 e. The smallest absolute Gasteiger partial charge is 0.242 e. The number of amides is 1. The van der Waals surface area contributed by atoms with Gasteiger partial charge >= 0.3 is 0 Å². The number of H-pyrrole nitrogens is 1. The zero-order chi connectivity index (χ0) is 13.0. The molecule has 0 aliphatic rings. The van der Waals surface area contributed by atoms with Gasteiger partial charge in [0, 0.05) is 25.4 Å². The van der Waals surface area contributed by atoms with E-state index in [0.717, 1.165) is 11.5 Å². The van der Waals surface area contributed by atoms with Crippen LogP contribution in [0.2, 0.25) is 0 Å². The molecule has 7 heteroatoms. The largest absolute Gasteiger partial charge is 0.354 e. The fraction of sp³-hybridized carbons (Fsp3) is 0.455. The van der Waals surface area contributed by atoms with Crippen LogP contribution in [0, 0.1) is 6.92 Å². The second-order valence-electron chi connectivity index (χ2n) is 4.06. The highest BCUT2D eigenvalue weighted by atomic mass is 16.2. The number of nitrogens with one attached hydrogen (secondary N) is 2. The summed E-state index contributed by atoms with van der Waals surface area (Å²) in [6.07, 6.45) is 5.80. The van der Waals surface area contributed by atoms with Gasteiger partial charge in [-0.2, -0.15) is 15.4 Å². The molecule has 2 rings (SSSR count). The summed E-state index contributed by atoms with van der Waals surface area (Å²) in [5.74, 6) is 0.800. The molecular weight excluding hydrogens is 232 g/mol. The number of hydrogen-bond acceptors (Lipinski definition) is 4. The summed E-state index contributed by atoms with van der Waals surface area (Å²) in [5, 5.41) is 13.0. The lowest BCUT2D eigenvalue weighted by atomic mass is 10.3. The van der Waals surface area contributed by atoms with Gasteiger partial charge in [-0.25, -0.2) is 4.98 Å². The first-order chi connectivity index (χ1) is 8.68. The molecule has 0 aromatic carbocycles. The van der Waals surface area contributed by atoms with Crippen LogP contribution in [0.25, 0.3) is 0 Å². The molecular formula is C11H16N6O.